The maximum Gasteiger partial charge on any atom is 0.328 e. The second-order valence-electron chi connectivity index (χ2n) is 6.07. The van der Waals surface area contributed by atoms with E-state index in [-0.39, 0.29) is 13.0 Å². The molecule has 0 aliphatic carbocycles. The minimum absolute atomic E-state index is 0.278. The maximum atomic E-state index is 12.3. The minimum atomic E-state index is -0.839. The molecule has 0 saturated carbocycles. The van der Waals surface area contributed by atoms with Crippen molar-refractivity contribution in [3.8, 4) is 5.75 Å². The zero-order chi connectivity index (χ0) is 20.1. The molecular weight excluding hydrogens is 403 g/mol. The number of H-pyrrole nitrogens is 1. The third-order valence-corrected chi connectivity index (χ3v) is 4.92. The highest BCUT2D eigenvalue weighted by Crippen LogP contribution is 2.26. The first kappa shape index (κ1) is 20.0. The summed E-state index contributed by atoms with van der Waals surface area (Å²) in [4.78, 5) is 27.6. The Morgan fingerprint density at radius 2 is 1.93 bits per heavy atom. The van der Waals surface area contributed by atoms with Crippen molar-refractivity contribution in [2.24, 2.45) is 0 Å². The topological polar surface area (TPSA) is 80.4 Å². The molecule has 146 valence electrons. The number of esters is 1. The lowest BCUT2D eigenvalue weighted by Crippen LogP contribution is -2.44. The van der Waals surface area contributed by atoms with Gasteiger partial charge in [-0.2, -0.15) is 0 Å². The van der Waals surface area contributed by atoms with Gasteiger partial charge in [0, 0.05) is 29.6 Å². The van der Waals surface area contributed by atoms with E-state index in [1.807, 2.05) is 30.5 Å². The number of aromatic nitrogens is 1. The van der Waals surface area contributed by atoms with Crippen LogP contribution in [0, 0.1) is 0 Å². The Bertz CT molecular complexity index is 1000. The van der Waals surface area contributed by atoms with Crippen LogP contribution in [0.2, 0.25) is 10.0 Å². The number of methoxy groups -OCH3 is 1. The highest BCUT2D eigenvalue weighted by atomic mass is 35.5. The van der Waals surface area contributed by atoms with Crippen molar-refractivity contribution in [1.29, 1.82) is 0 Å². The molecule has 0 spiro atoms. The van der Waals surface area contributed by atoms with E-state index in [1.165, 1.54) is 13.2 Å². The van der Waals surface area contributed by atoms with E-state index in [1.54, 1.807) is 12.1 Å². The lowest BCUT2D eigenvalue weighted by molar-refractivity contribution is -0.145. The quantitative estimate of drug-likeness (QED) is 0.570. The van der Waals surface area contributed by atoms with Gasteiger partial charge in [0.1, 0.15) is 11.8 Å². The maximum absolute atomic E-state index is 12.3. The average molecular weight is 421 g/mol. The number of fused-ring (bicyclic) bond motifs is 1. The summed E-state index contributed by atoms with van der Waals surface area (Å²) in [7, 11) is 1.28. The summed E-state index contributed by atoms with van der Waals surface area (Å²) in [5.41, 5.74) is 1.85. The standard InChI is InChI=1S/C20H18Cl2N2O4/c1-27-20(26)18(8-12-10-23-17-5-3-2-4-14(12)17)24-19(25)11-28-13-6-7-15(21)16(22)9-13/h2-7,9-10,18,23H,8,11H2,1H3,(H,24,25). The van der Waals surface area contributed by atoms with Gasteiger partial charge < -0.3 is 19.8 Å². The molecule has 0 fully saturated rings. The zero-order valence-electron chi connectivity index (χ0n) is 15.0. The van der Waals surface area contributed by atoms with Crippen molar-refractivity contribution in [2.75, 3.05) is 13.7 Å². The van der Waals surface area contributed by atoms with Crippen LogP contribution in [-0.2, 0) is 20.7 Å². The molecule has 1 unspecified atom stereocenters. The van der Waals surface area contributed by atoms with Crippen molar-refractivity contribution < 1.29 is 19.1 Å². The molecule has 2 N–H and O–H groups in total. The van der Waals surface area contributed by atoms with Crippen LogP contribution in [0.25, 0.3) is 10.9 Å². The predicted octanol–water partition coefficient (Wildman–Crippen LogP) is 3.75. The van der Waals surface area contributed by atoms with Crippen LogP contribution in [0.1, 0.15) is 5.56 Å². The van der Waals surface area contributed by atoms with Gasteiger partial charge in [-0.15, -0.1) is 0 Å². The number of hydrogen-bond donors (Lipinski definition) is 2. The number of ether oxygens (including phenoxy) is 2. The number of halogens is 2. The van der Waals surface area contributed by atoms with Crippen LogP contribution in [-0.4, -0.2) is 36.6 Å². The first-order valence-electron chi connectivity index (χ1n) is 8.48. The van der Waals surface area contributed by atoms with Gasteiger partial charge in [0.25, 0.3) is 5.91 Å². The first-order chi connectivity index (χ1) is 13.5. The van der Waals surface area contributed by atoms with E-state index >= 15 is 0 Å². The summed E-state index contributed by atoms with van der Waals surface area (Å²) in [5, 5.41) is 4.36. The van der Waals surface area contributed by atoms with Crippen LogP contribution in [0.15, 0.2) is 48.7 Å². The van der Waals surface area contributed by atoms with E-state index in [9.17, 15) is 9.59 Å². The number of benzene rings is 2. The van der Waals surface area contributed by atoms with Gasteiger partial charge in [0.2, 0.25) is 0 Å². The summed E-state index contributed by atoms with van der Waals surface area (Å²) in [6, 6.07) is 11.6. The number of rotatable bonds is 7. The van der Waals surface area contributed by atoms with E-state index < -0.39 is 17.9 Å². The number of hydrogen-bond acceptors (Lipinski definition) is 4. The lowest BCUT2D eigenvalue weighted by Gasteiger charge is -2.16. The van der Waals surface area contributed by atoms with E-state index in [0.29, 0.717) is 15.8 Å². The fourth-order valence-electron chi connectivity index (χ4n) is 2.81. The lowest BCUT2D eigenvalue weighted by atomic mass is 10.0. The van der Waals surface area contributed by atoms with Crippen LogP contribution >= 0.6 is 23.2 Å². The third-order valence-electron chi connectivity index (χ3n) is 4.18. The van der Waals surface area contributed by atoms with Crippen LogP contribution in [0.3, 0.4) is 0 Å². The van der Waals surface area contributed by atoms with E-state index in [4.69, 9.17) is 32.7 Å². The van der Waals surface area contributed by atoms with Crippen LogP contribution < -0.4 is 10.1 Å². The largest absolute Gasteiger partial charge is 0.484 e. The van der Waals surface area contributed by atoms with Gasteiger partial charge in [0.05, 0.1) is 17.2 Å². The molecule has 3 rings (SSSR count). The Morgan fingerprint density at radius 3 is 2.68 bits per heavy atom. The fourth-order valence-corrected chi connectivity index (χ4v) is 3.10. The molecule has 1 atom stereocenters. The summed E-state index contributed by atoms with van der Waals surface area (Å²) in [6.07, 6.45) is 2.11. The van der Waals surface area contributed by atoms with Crippen molar-refractivity contribution in [3.63, 3.8) is 0 Å². The minimum Gasteiger partial charge on any atom is -0.484 e. The highest BCUT2D eigenvalue weighted by Gasteiger charge is 2.23. The van der Waals surface area contributed by atoms with Crippen molar-refractivity contribution in [2.45, 2.75) is 12.5 Å². The summed E-state index contributed by atoms with van der Waals surface area (Å²) >= 11 is 11.8. The highest BCUT2D eigenvalue weighted by molar-refractivity contribution is 6.42. The van der Waals surface area contributed by atoms with Crippen molar-refractivity contribution in [3.05, 3.63) is 64.3 Å². The fraction of sp³-hybridized carbons (Fsp3) is 0.200. The monoisotopic (exact) mass is 420 g/mol. The van der Waals surface area contributed by atoms with Crippen LogP contribution in [0.5, 0.6) is 5.75 Å². The summed E-state index contributed by atoms with van der Waals surface area (Å²) in [5.74, 6) is -0.592. The van der Waals surface area contributed by atoms with Gasteiger partial charge in [-0.05, 0) is 23.8 Å². The molecule has 1 aromatic heterocycles. The SMILES string of the molecule is COC(=O)C(Cc1c[nH]c2ccccc12)NC(=O)COc1ccc(Cl)c(Cl)c1. The Morgan fingerprint density at radius 1 is 1.14 bits per heavy atom. The number of amides is 1. The van der Waals surface area contributed by atoms with Gasteiger partial charge in [-0.3, -0.25) is 4.79 Å². The molecular formula is C20H18Cl2N2O4. The van der Waals surface area contributed by atoms with Crippen LogP contribution in [0.4, 0.5) is 0 Å². The van der Waals surface area contributed by atoms with Gasteiger partial charge >= 0.3 is 5.97 Å². The Kier molecular flexibility index (Phi) is 6.44. The second-order valence-corrected chi connectivity index (χ2v) is 6.89. The Labute approximate surface area is 171 Å². The number of para-hydroxylation sites is 1. The summed E-state index contributed by atoms with van der Waals surface area (Å²) in [6.45, 7) is -0.278. The molecule has 0 aliphatic rings. The average Bonchev–Trinajstić information content (AvgIpc) is 3.11. The Balaban J connectivity index is 1.65. The second kappa shape index (κ2) is 8.99. The van der Waals surface area contributed by atoms with E-state index in [2.05, 4.69) is 10.3 Å². The Hall–Kier alpha value is -2.70. The molecule has 6 nitrogen and oxygen atoms in total. The molecule has 2 aromatic carbocycles. The number of nitrogens with one attached hydrogen (secondary N) is 2. The smallest absolute Gasteiger partial charge is 0.328 e. The van der Waals surface area contributed by atoms with Crippen molar-refractivity contribution >= 4 is 46.0 Å². The normalized spacial score (nSPS) is 11.8. The molecule has 8 heteroatoms. The van der Waals surface area contributed by atoms with Gasteiger partial charge in [0.15, 0.2) is 6.61 Å². The van der Waals surface area contributed by atoms with Crippen molar-refractivity contribution in [1.82, 2.24) is 10.3 Å². The number of carbonyl (C=O) groups excluding carboxylic acids is 2. The molecule has 1 heterocycles. The molecule has 1 amide bonds. The molecule has 3 aromatic rings. The molecule has 0 saturated heterocycles. The molecule has 28 heavy (non-hydrogen) atoms. The van der Waals surface area contributed by atoms with E-state index in [0.717, 1.165) is 16.5 Å². The molecule has 0 bridgehead atoms. The zero-order valence-corrected chi connectivity index (χ0v) is 16.5. The molecule has 0 aliphatic heterocycles. The first-order valence-corrected chi connectivity index (χ1v) is 9.23. The number of aromatic amines is 1. The number of carbonyl (C=O) groups is 2. The third kappa shape index (κ3) is 4.77. The predicted molar refractivity (Wildman–Crippen MR) is 108 cm³/mol. The van der Waals surface area contributed by atoms with Gasteiger partial charge in [-0.1, -0.05) is 41.4 Å². The van der Waals surface area contributed by atoms with Gasteiger partial charge in [-0.25, -0.2) is 4.79 Å². The molecule has 0 radical (unpaired) electrons. The summed E-state index contributed by atoms with van der Waals surface area (Å²) < 4.78 is 10.2.